The van der Waals surface area contributed by atoms with E-state index in [1.165, 1.54) is 18.2 Å². The highest BCUT2D eigenvalue weighted by Crippen LogP contribution is 2.26. The molecule has 32 heavy (non-hydrogen) atoms. The first-order valence-corrected chi connectivity index (χ1v) is 10.1. The molecule has 0 aromatic heterocycles. The van der Waals surface area contributed by atoms with Gasteiger partial charge in [0, 0.05) is 6.07 Å². The number of hydrogen-bond acceptors (Lipinski definition) is 3. The third-order valence-corrected chi connectivity index (χ3v) is 4.76. The Morgan fingerprint density at radius 1 is 0.938 bits per heavy atom. The van der Waals surface area contributed by atoms with Gasteiger partial charge in [0.2, 0.25) is 0 Å². The highest BCUT2D eigenvalue weighted by atomic mass is 19.1. The number of halogens is 3. The SMILES string of the molecule is CC(C)C(/C=C/c1ccc(F)cc1)C(=O)OCc1cccc(Oc2ccc(F)cc2F)c1. The van der Waals surface area contributed by atoms with E-state index in [0.717, 1.165) is 17.7 Å². The third-order valence-electron chi connectivity index (χ3n) is 4.76. The van der Waals surface area contributed by atoms with Crippen molar-refractivity contribution >= 4 is 12.0 Å². The maximum absolute atomic E-state index is 13.8. The molecule has 0 radical (unpaired) electrons. The molecule has 6 heteroatoms. The second-order valence-corrected chi connectivity index (χ2v) is 7.61. The molecule has 3 rings (SSSR count). The van der Waals surface area contributed by atoms with E-state index in [1.807, 2.05) is 13.8 Å². The Labute approximate surface area is 185 Å². The summed E-state index contributed by atoms with van der Waals surface area (Å²) in [6, 6.07) is 15.7. The predicted octanol–water partition coefficient (Wildman–Crippen LogP) is 6.93. The molecule has 0 fully saturated rings. The zero-order chi connectivity index (χ0) is 23.1. The Morgan fingerprint density at radius 3 is 2.34 bits per heavy atom. The van der Waals surface area contributed by atoms with Crippen LogP contribution in [-0.2, 0) is 16.1 Å². The van der Waals surface area contributed by atoms with Crippen LogP contribution in [0.1, 0.15) is 25.0 Å². The van der Waals surface area contributed by atoms with Gasteiger partial charge in [-0.25, -0.2) is 13.2 Å². The molecule has 0 N–H and O–H groups in total. The molecule has 0 aliphatic heterocycles. The molecular weight excluding hydrogens is 417 g/mol. The fraction of sp³-hybridized carbons (Fsp3) is 0.192. The molecule has 0 saturated heterocycles. The molecule has 166 valence electrons. The van der Waals surface area contributed by atoms with Crippen molar-refractivity contribution in [1.82, 2.24) is 0 Å². The summed E-state index contributed by atoms with van der Waals surface area (Å²) in [7, 11) is 0. The standard InChI is InChI=1S/C26H23F3O3/c1-17(2)23(12-8-18-6-9-20(27)10-7-18)26(30)31-16-19-4-3-5-22(14-19)32-25-13-11-21(28)15-24(25)29/h3-15,17,23H,16H2,1-2H3/b12-8+. The van der Waals surface area contributed by atoms with E-state index in [2.05, 4.69) is 0 Å². The molecule has 3 aromatic carbocycles. The highest BCUT2D eigenvalue weighted by molar-refractivity contribution is 5.76. The number of carbonyl (C=O) groups is 1. The largest absolute Gasteiger partial charge is 0.460 e. The number of esters is 1. The van der Waals surface area contributed by atoms with Crippen molar-refractivity contribution in [2.24, 2.45) is 11.8 Å². The van der Waals surface area contributed by atoms with Crippen LogP contribution >= 0.6 is 0 Å². The second kappa shape index (κ2) is 10.7. The highest BCUT2D eigenvalue weighted by Gasteiger charge is 2.21. The third kappa shape index (κ3) is 6.48. The number of rotatable bonds is 8. The molecule has 0 saturated carbocycles. The van der Waals surface area contributed by atoms with Crippen LogP contribution in [0.2, 0.25) is 0 Å². The molecule has 0 heterocycles. The van der Waals surface area contributed by atoms with Gasteiger partial charge in [0.25, 0.3) is 0 Å². The summed E-state index contributed by atoms with van der Waals surface area (Å²) < 4.78 is 50.9. The van der Waals surface area contributed by atoms with E-state index in [9.17, 15) is 18.0 Å². The first-order chi connectivity index (χ1) is 15.3. The summed E-state index contributed by atoms with van der Waals surface area (Å²) in [5.41, 5.74) is 1.44. The normalized spacial score (nSPS) is 12.2. The van der Waals surface area contributed by atoms with Gasteiger partial charge in [-0.15, -0.1) is 0 Å². The van der Waals surface area contributed by atoms with Crippen LogP contribution in [0.3, 0.4) is 0 Å². The van der Waals surface area contributed by atoms with Gasteiger partial charge in [-0.2, -0.15) is 0 Å². The Bertz CT molecular complexity index is 1090. The molecular formula is C26H23F3O3. The minimum atomic E-state index is -0.811. The maximum atomic E-state index is 13.8. The topological polar surface area (TPSA) is 35.5 Å². The molecule has 0 amide bonds. The summed E-state index contributed by atoms with van der Waals surface area (Å²) >= 11 is 0. The summed E-state index contributed by atoms with van der Waals surface area (Å²) in [6.45, 7) is 3.83. The zero-order valence-electron chi connectivity index (χ0n) is 17.7. The van der Waals surface area contributed by atoms with Gasteiger partial charge < -0.3 is 9.47 Å². The lowest BCUT2D eigenvalue weighted by atomic mass is 9.95. The molecule has 3 aromatic rings. The van der Waals surface area contributed by atoms with Crippen molar-refractivity contribution in [2.45, 2.75) is 20.5 Å². The average Bonchev–Trinajstić information content (AvgIpc) is 2.76. The summed E-state index contributed by atoms with van der Waals surface area (Å²) in [5.74, 6) is -2.47. The van der Waals surface area contributed by atoms with E-state index in [-0.39, 0.29) is 24.1 Å². The maximum Gasteiger partial charge on any atom is 0.313 e. The van der Waals surface area contributed by atoms with Crippen LogP contribution in [0, 0.1) is 29.3 Å². The average molecular weight is 440 g/mol. The van der Waals surface area contributed by atoms with E-state index >= 15 is 0 Å². The Morgan fingerprint density at radius 2 is 1.66 bits per heavy atom. The monoisotopic (exact) mass is 440 g/mol. The van der Waals surface area contributed by atoms with Crippen LogP contribution < -0.4 is 4.74 Å². The number of carbonyl (C=O) groups excluding carboxylic acids is 1. The lowest BCUT2D eigenvalue weighted by Gasteiger charge is -2.16. The fourth-order valence-corrected chi connectivity index (χ4v) is 3.00. The second-order valence-electron chi connectivity index (χ2n) is 7.61. The summed E-state index contributed by atoms with van der Waals surface area (Å²) in [5, 5.41) is 0. The van der Waals surface area contributed by atoms with Gasteiger partial charge in [0.05, 0.1) is 5.92 Å². The molecule has 0 bridgehead atoms. The van der Waals surface area contributed by atoms with Crippen LogP contribution in [0.4, 0.5) is 13.2 Å². The molecule has 1 unspecified atom stereocenters. The Balaban J connectivity index is 1.63. The first-order valence-electron chi connectivity index (χ1n) is 10.1. The van der Waals surface area contributed by atoms with Crippen molar-refractivity contribution in [3.8, 4) is 11.5 Å². The van der Waals surface area contributed by atoms with Crippen LogP contribution in [0.25, 0.3) is 6.08 Å². The van der Waals surface area contributed by atoms with Crippen LogP contribution in [0.5, 0.6) is 11.5 Å². The van der Waals surface area contributed by atoms with Gasteiger partial charge in [0.1, 0.15) is 24.0 Å². The molecule has 3 nitrogen and oxygen atoms in total. The van der Waals surface area contributed by atoms with E-state index in [0.29, 0.717) is 11.3 Å². The minimum absolute atomic E-state index is 0.00434. The van der Waals surface area contributed by atoms with E-state index in [4.69, 9.17) is 9.47 Å². The Hall–Kier alpha value is -3.54. The van der Waals surface area contributed by atoms with Crippen LogP contribution in [-0.4, -0.2) is 5.97 Å². The van der Waals surface area contributed by atoms with Gasteiger partial charge in [-0.05, 0) is 53.4 Å². The smallest absolute Gasteiger partial charge is 0.313 e. The lowest BCUT2D eigenvalue weighted by Crippen LogP contribution is -2.20. The molecule has 0 aliphatic carbocycles. The van der Waals surface area contributed by atoms with Gasteiger partial charge >= 0.3 is 5.97 Å². The quantitative estimate of drug-likeness (QED) is 0.357. The summed E-state index contributed by atoms with van der Waals surface area (Å²) in [6.07, 6.45) is 3.51. The first kappa shape index (κ1) is 23.1. The number of benzene rings is 3. The molecule has 0 spiro atoms. The van der Waals surface area contributed by atoms with Gasteiger partial charge in [-0.3, -0.25) is 4.79 Å². The van der Waals surface area contributed by atoms with Crippen molar-refractivity contribution in [3.05, 3.63) is 101 Å². The van der Waals surface area contributed by atoms with Crippen LogP contribution in [0.15, 0.2) is 72.8 Å². The minimum Gasteiger partial charge on any atom is -0.460 e. The van der Waals surface area contributed by atoms with Crippen molar-refractivity contribution in [3.63, 3.8) is 0 Å². The molecule has 1 atom stereocenters. The van der Waals surface area contributed by atoms with Crippen molar-refractivity contribution in [1.29, 1.82) is 0 Å². The summed E-state index contributed by atoms with van der Waals surface area (Å²) in [4.78, 5) is 12.6. The van der Waals surface area contributed by atoms with Gasteiger partial charge in [-0.1, -0.05) is 50.3 Å². The van der Waals surface area contributed by atoms with Crippen molar-refractivity contribution < 1.29 is 27.4 Å². The fourth-order valence-electron chi connectivity index (χ4n) is 3.00. The predicted molar refractivity (Wildman–Crippen MR) is 116 cm³/mol. The van der Waals surface area contributed by atoms with Gasteiger partial charge in [0.15, 0.2) is 11.6 Å². The number of ether oxygens (including phenoxy) is 2. The molecule has 0 aliphatic rings. The Kier molecular flexibility index (Phi) is 7.71. The van der Waals surface area contributed by atoms with E-state index < -0.39 is 23.5 Å². The lowest BCUT2D eigenvalue weighted by molar-refractivity contribution is -0.149. The van der Waals surface area contributed by atoms with E-state index in [1.54, 1.807) is 48.6 Å². The van der Waals surface area contributed by atoms with Crippen molar-refractivity contribution in [2.75, 3.05) is 0 Å². The zero-order valence-corrected chi connectivity index (χ0v) is 17.7. The number of hydrogen-bond donors (Lipinski definition) is 0.